The van der Waals surface area contributed by atoms with E-state index in [1.165, 1.54) is 31.0 Å². The average Bonchev–Trinajstić information content (AvgIpc) is 2.90. The minimum atomic E-state index is -0.155. The SMILES string of the molecule is CCC(Sc1ncc[nH]1)C(=O)OC1CCCCC1. The van der Waals surface area contributed by atoms with Crippen molar-refractivity contribution < 1.29 is 9.53 Å². The Hall–Kier alpha value is -0.970. The Labute approximate surface area is 112 Å². The number of thioether (sulfide) groups is 1. The van der Waals surface area contributed by atoms with Crippen LogP contribution in [-0.4, -0.2) is 27.3 Å². The minimum absolute atomic E-state index is 0.0919. The van der Waals surface area contributed by atoms with Gasteiger partial charge in [0.05, 0.1) is 0 Å². The number of carbonyl (C=O) groups excluding carboxylic acids is 1. The molecule has 0 aliphatic heterocycles. The molecule has 5 heteroatoms. The van der Waals surface area contributed by atoms with Gasteiger partial charge < -0.3 is 9.72 Å². The van der Waals surface area contributed by atoms with Gasteiger partial charge in [-0.1, -0.05) is 25.1 Å². The van der Waals surface area contributed by atoms with Crippen molar-refractivity contribution in [1.29, 1.82) is 0 Å². The van der Waals surface area contributed by atoms with Crippen molar-refractivity contribution in [2.75, 3.05) is 0 Å². The molecule has 0 spiro atoms. The number of aromatic amines is 1. The standard InChI is InChI=1S/C13H20N2O2S/c1-2-11(18-13-14-8-9-15-13)12(16)17-10-6-4-3-5-7-10/h8-11H,2-7H2,1H3,(H,14,15). The first-order valence-corrected chi connectivity index (χ1v) is 7.54. The maximum atomic E-state index is 12.1. The summed E-state index contributed by atoms with van der Waals surface area (Å²) in [5, 5.41) is 0.625. The van der Waals surface area contributed by atoms with E-state index in [0.29, 0.717) is 0 Å². The van der Waals surface area contributed by atoms with Crippen molar-refractivity contribution in [2.45, 2.75) is 62.0 Å². The molecule has 0 saturated heterocycles. The van der Waals surface area contributed by atoms with Gasteiger partial charge in [-0.2, -0.15) is 0 Å². The van der Waals surface area contributed by atoms with E-state index in [1.807, 2.05) is 6.92 Å². The van der Waals surface area contributed by atoms with Gasteiger partial charge in [0.15, 0.2) is 5.16 Å². The summed E-state index contributed by atoms with van der Waals surface area (Å²) < 4.78 is 5.59. The number of esters is 1. The molecular formula is C13H20N2O2S. The van der Waals surface area contributed by atoms with Crippen molar-refractivity contribution in [3.8, 4) is 0 Å². The van der Waals surface area contributed by atoms with E-state index in [2.05, 4.69) is 9.97 Å². The van der Waals surface area contributed by atoms with Crippen LogP contribution in [-0.2, 0) is 9.53 Å². The van der Waals surface area contributed by atoms with Gasteiger partial charge in [0.25, 0.3) is 0 Å². The van der Waals surface area contributed by atoms with Crippen LogP contribution in [0.1, 0.15) is 45.4 Å². The molecule has 1 N–H and O–H groups in total. The molecule has 1 aromatic heterocycles. The number of rotatable bonds is 5. The highest BCUT2D eigenvalue weighted by atomic mass is 32.2. The summed E-state index contributed by atoms with van der Waals surface area (Å²) in [5.74, 6) is -0.0919. The van der Waals surface area contributed by atoms with E-state index in [1.54, 1.807) is 12.4 Å². The van der Waals surface area contributed by atoms with Crippen LogP contribution in [0, 0.1) is 0 Å². The third-order valence-corrected chi connectivity index (χ3v) is 4.45. The van der Waals surface area contributed by atoms with Crippen molar-refractivity contribution >= 4 is 17.7 Å². The molecule has 1 saturated carbocycles. The van der Waals surface area contributed by atoms with Gasteiger partial charge in [0.1, 0.15) is 11.4 Å². The molecule has 100 valence electrons. The third kappa shape index (κ3) is 3.77. The first-order chi connectivity index (χ1) is 8.79. The van der Waals surface area contributed by atoms with E-state index in [0.717, 1.165) is 24.4 Å². The maximum Gasteiger partial charge on any atom is 0.319 e. The van der Waals surface area contributed by atoms with Crippen molar-refractivity contribution in [3.63, 3.8) is 0 Å². The molecule has 1 aliphatic rings. The fourth-order valence-corrected chi connectivity index (χ4v) is 3.02. The van der Waals surface area contributed by atoms with Crippen molar-refractivity contribution in [2.24, 2.45) is 0 Å². The summed E-state index contributed by atoms with van der Waals surface area (Å²) in [6, 6.07) is 0. The predicted octanol–water partition coefficient (Wildman–Crippen LogP) is 3.16. The number of imidazole rings is 1. The number of nitrogens with one attached hydrogen (secondary N) is 1. The lowest BCUT2D eigenvalue weighted by molar-refractivity contribution is -0.149. The number of aromatic nitrogens is 2. The highest BCUT2D eigenvalue weighted by Gasteiger charge is 2.25. The Morgan fingerprint density at radius 3 is 2.94 bits per heavy atom. The molecule has 4 nitrogen and oxygen atoms in total. The summed E-state index contributed by atoms with van der Waals surface area (Å²) in [5.41, 5.74) is 0. The molecule has 18 heavy (non-hydrogen) atoms. The minimum Gasteiger partial charge on any atom is -0.462 e. The molecule has 1 fully saturated rings. The molecule has 1 unspecified atom stereocenters. The first kappa shape index (κ1) is 13.5. The van der Waals surface area contributed by atoms with E-state index in [9.17, 15) is 4.79 Å². The molecule has 0 bridgehead atoms. The third-order valence-electron chi connectivity index (χ3n) is 3.20. The van der Waals surface area contributed by atoms with Crippen LogP contribution in [0.15, 0.2) is 17.6 Å². The molecule has 1 aromatic rings. The first-order valence-electron chi connectivity index (χ1n) is 6.66. The number of carbonyl (C=O) groups is 1. The van der Waals surface area contributed by atoms with Crippen molar-refractivity contribution in [3.05, 3.63) is 12.4 Å². The number of ether oxygens (including phenoxy) is 1. The summed E-state index contributed by atoms with van der Waals surface area (Å²) in [6.45, 7) is 2.00. The Balaban J connectivity index is 1.84. The van der Waals surface area contributed by atoms with Crippen LogP contribution in [0.25, 0.3) is 0 Å². The summed E-state index contributed by atoms with van der Waals surface area (Å²) in [7, 11) is 0. The van der Waals surface area contributed by atoms with Crippen LogP contribution in [0.5, 0.6) is 0 Å². The second kappa shape index (κ2) is 6.83. The monoisotopic (exact) mass is 268 g/mol. The molecule has 0 amide bonds. The summed E-state index contributed by atoms with van der Waals surface area (Å²) >= 11 is 1.45. The maximum absolute atomic E-state index is 12.1. The van der Waals surface area contributed by atoms with Gasteiger partial charge in [0, 0.05) is 12.4 Å². The average molecular weight is 268 g/mol. The fourth-order valence-electron chi connectivity index (χ4n) is 2.17. The van der Waals surface area contributed by atoms with Crippen LogP contribution in [0.3, 0.4) is 0 Å². The summed E-state index contributed by atoms with van der Waals surface area (Å²) in [4.78, 5) is 19.2. The number of nitrogens with zero attached hydrogens (tertiary/aromatic N) is 1. The fraction of sp³-hybridized carbons (Fsp3) is 0.692. The van der Waals surface area contributed by atoms with Gasteiger partial charge >= 0.3 is 5.97 Å². The van der Waals surface area contributed by atoms with Crippen LogP contribution in [0.4, 0.5) is 0 Å². The van der Waals surface area contributed by atoms with Crippen LogP contribution in [0.2, 0.25) is 0 Å². The summed E-state index contributed by atoms with van der Waals surface area (Å²) in [6.07, 6.45) is 10.0. The van der Waals surface area contributed by atoms with Gasteiger partial charge in [-0.05, 0) is 32.1 Å². The van der Waals surface area contributed by atoms with Gasteiger partial charge in [-0.15, -0.1) is 0 Å². The van der Waals surface area contributed by atoms with E-state index >= 15 is 0 Å². The van der Waals surface area contributed by atoms with Gasteiger partial charge in [-0.3, -0.25) is 4.79 Å². The number of H-pyrrole nitrogens is 1. The molecule has 1 atom stereocenters. The lowest BCUT2D eigenvalue weighted by atomic mass is 9.98. The molecule has 1 heterocycles. The number of hydrogen-bond donors (Lipinski definition) is 1. The Morgan fingerprint density at radius 2 is 2.33 bits per heavy atom. The number of hydrogen-bond acceptors (Lipinski definition) is 4. The van der Waals surface area contributed by atoms with Crippen LogP contribution >= 0.6 is 11.8 Å². The Morgan fingerprint density at radius 1 is 1.56 bits per heavy atom. The largest absolute Gasteiger partial charge is 0.462 e. The topological polar surface area (TPSA) is 55.0 Å². The lowest BCUT2D eigenvalue weighted by Gasteiger charge is -2.23. The lowest BCUT2D eigenvalue weighted by Crippen LogP contribution is -2.27. The quantitative estimate of drug-likeness (QED) is 0.658. The Kier molecular flexibility index (Phi) is 5.11. The van der Waals surface area contributed by atoms with Gasteiger partial charge in [-0.25, -0.2) is 4.98 Å². The Bertz CT molecular complexity index is 361. The molecule has 2 rings (SSSR count). The molecule has 1 aliphatic carbocycles. The highest BCUT2D eigenvalue weighted by Crippen LogP contribution is 2.26. The zero-order valence-electron chi connectivity index (χ0n) is 10.7. The van der Waals surface area contributed by atoms with E-state index in [4.69, 9.17) is 4.74 Å². The molecular weight excluding hydrogens is 248 g/mol. The predicted molar refractivity (Wildman–Crippen MR) is 71.5 cm³/mol. The second-order valence-corrected chi connectivity index (χ2v) is 5.80. The molecule has 0 radical (unpaired) electrons. The molecule has 0 aromatic carbocycles. The zero-order valence-corrected chi connectivity index (χ0v) is 11.5. The highest BCUT2D eigenvalue weighted by molar-refractivity contribution is 8.00. The van der Waals surface area contributed by atoms with E-state index < -0.39 is 0 Å². The van der Waals surface area contributed by atoms with Gasteiger partial charge in [0.2, 0.25) is 0 Å². The normalized spacial score (nSPS) is 18.5. The zero-order chi connectivity index (χ0) is 12.8. The second-order valence-electron chi connectivity index (χ2n) is 4.61. The van der Waals surface area contributed by atoms with E-state index in [-0.39, 0.29) is 17.3 Å². The van der Waals surface area contributed by atoms with Crippen molar-refractivity contribution in [1.82, 2.24) is 9.97 Å². The van der Waals surface area contributed by atoms with Crippen LogP contribution < -0.4 is 0 Å². The smallest absolute Gasteiger partial charge is 0.319 e.